The van der Waals surface area contributed by atoms with E-state index in [1.807, 2.05) is 25.7 Å². The molecule has 0 fully saturated rings. The molecular formula is C13H18N2O4. The molecule has 6 heteroatoms. The van der Waals surface area contributed by atoms with Crippen LogP contribution in [-0.2, 0) is 4.79 Å². The van der Waals surface area contributed by atoms with E-state index in [4.69, 9.17) is 5.11 Å². The summed E-state index contributed by atoms with van der Waals surface area (Å²) in [6.45, 7) is 6.05. The molecular weight excluding hydrogens is 248 g/mol. The summed E-state index contributed by atoms with van der Waals surface area (Å²) in [5.41, 5.74) is 1.62. The number of aliphatic carboxylic acids is 1. The predicted octanol–water partition coefficient (Wildman–Crippen LogP) is 2.59. The highest BCUT2D eigenvalue weighted by Crippen LogP contribution is 2.27. The second-order valence-electron chi connectivity index (χ2n) is 4.66. The number of carbonyl (C=O) groups is 1. The maximum Gasteiger partial charge on any atom is 0.305 e. The summed E-state index contributed by atoms with van der Waals surface area (Å²) in [7, 11) is 0. The van der Waals surface area contributed by atoms with Crippen LogP contribution in [0.5, 0.6) is 0 Å². The molecule has 1 aromatic rings. The van der Waals surface area contributed by atoms with E-state index >= 15 is 0 Å². The number of aryl methyl sites for hydroxylation is 1. The van der Waals surface area contributed by atoms with Crippen LogP contribution in [0.1, 0.15) is 25.8 Å². The van der Waals surface area contributed by atoms with Crippen molar-refractivity contribution < 1.29 is 14.8 Å². The lowest BCUT2D eigenvalue weighted by molar-refractivity contribution is -0.384. The quantitative estimate of drug-likeness (QED) is 0.632. The molecule has 0 amide bonds. The van der Waals surface area contributed by atoms with Crippen LogP contribution >= 0.6 is 0 Å². The fourth-order valence-electron chi connectivity index (χ4n) is 1.89. The zero-order valence-corrected chi connectivity index (χ0v) is 11.3. The Morgan fingerprint density at radius 1 is 1.47 bits per heavy atom. The number of rotatable bonds is 6. The van der Waals surface area contributed by atoms with E-state index in [9.17, 15) is 14.9 Å². The molecule has 104 valence electrons. The Balaban J connectivity index is 3.10. The van der Waals surface area contributed by atoms with Crippen LogP contribution in [0.2, 0.25) is 0 Å². The first-order chi connectivity index (χ1) is 8.82. The van der Waals surface area contributed by atoms with Crippen molar-refractivity contribution in [3.63, 3.8) is 0 Å². The maximum atomic E-state index is 10.8. The van der Waals surface area contributed by atoms with Gasteiger partial charge in [-0.1, -0.05) is 6.07 Å². The van der Waals surface area contributed by atoms with Crippen molar-refractivity contribution in [3.8, 4) is 0 Å². The van der Waals surface area contributed by atoms with Gasteiger partial charge in [0.1, 0.15) is 0 Å². The van der Waals surface area contributed by atoms with Crippen molar-refractivity contribution in [2.75, 3.05) is 11.4 Å². The van der Waals surface area contributed by atoms with Crippen molar-refractivity contribution >= 4 is 17.3 Å². The molecule has 0 aliphatic rings. The first-order valence-corrected chi connectivity index (χ1v) is 6.06. The van der Waals surface area contributed by atoms with Gasteiger partial charge in [0.05, 0.1) is 11.3 Å². The average Bonchev–Trinajstić information content (AvgIpc) is 2.30. The highest BCUT2D eigenvalue weighted by atomic mass is 16.6. The number of hydrogen-bond acceptors (Lipinski definition) is 4. The van der Waals surface area contributed by atoms with Crippen molar-refractivity contribution in [2.45, 2.75) is 33.2 Å². The molecule has 0 spiro atoms. The molecule has 1 N–H and O–H groups in total. The molecule has 6 nitrogen and oxygen atoms in total. The van der Waals surface area contributed by atoms with E-state index in [1.165, 1.54) is 12.1 Å². The zero-order valence-electron chi connectivity index (χ0n) is 11.3. The number of nitro groups is 1. The van der Waals surface area contributed by atoms with Gasteiger partial charge >= 0.3 is 5.97 Å². The number of hydrogen-bond donors (Lipinski definition) is 1. The van der Waals surface area contributed by atoms with E-state index < -0.39 is 10.9 Å². The van der Waals surface area contributed by atoms with Crippen LogP contribution in [-0.4, -0.2) is 28.6 Å². The topological polar surface area (TPSA) is 83.7 Å². The minimum absolute atomic E-state index is 0.000309. The van der Waals surface area contributed by atoms with E-state index in [2.05, 4.69) is 0 Å². The molecule has 0 aliphatic heterocycles. The number of nitrogens with zero attached hydrogens (tertiary/aromatic N) is 2. The van der Waals surface area contributed by atoms with Crippen molar-refractivity contribution in [3.05, 3.63) is 33.9 Å². The first kappa shape index (κ1) is 14.9. The summed E-state index contributed by atoms with van der Waals surface area (Å²) in [5, 5.41) is 19.6. The summed E-state index contributed by atoms with van der Waals surface area (Å²) in [6, 6.07) is 4.70. The maximum absolute atomic E-state index is 10.8. The number of non-ortho nitro benzene ring substituents is 1. The van der Waals surface area contributed by atoms with Gasteiger partial charge in [-0.15, -0.1) is 0 Å². The molecule has 0 aromatic heterocycles. The van der Waals surface area contributed by atoms with E-state index in [1.54, 1.807) is 6.07 Å². The van der Waals surface area contributed by atoms with Gasteiger partial charge in [0.15, 0.2) is 0 Å². The zero-order chi connectivity index (χ0) is 14.6. The van der Waals surface area contributed by atoms with Gasteiger partial charge in [-0.3, -0.25) is 14.9 Å². The van der Waals surface area contributed by atoms with E-state index in [0.29, 0.717) is 12.2 Å². The molecule has 0 radical (unpaired) electrons. The Morgan fingerprint density at radius 2 is 2.11 bits per heavy atom. The highest BCUT2D eigenvalue weighted by Gasteiger charge is 2.17. The number of nitro benzene ring substituents is 1. The fraction of sp³-hybridized carbons (Fsp3) is 0.462. The minimum atomic E-state index is -0.881. The third-order valence-corrected chi connectivity index (χ3v) is 2.90. The minimum Gasteiger partial charge on any atom is -0.481 e. The molecule has 1 aromatic carbocycles. The number of carboxylic acid groups (broad SMARTS) is 1. The van der Waals surface area contributed by atoms with E-state index in [0.717, 1.165) is 5.56 Å². The summed E-state index contributed by atoms with van der Waals surface area (Å²) in [6.07, 6.45) is 0.000309. The summed E-state index contributed by atoms with van der Waals surface area (Å²) in [4.78, 5) is 22.9. The van der Waals surface area contributed by atoms with E-state index in [-0.39, 0.29) is 18.2 Å². The van der Waals surface area contributed by atoms with Gasteiger partial charge < -0.3 is 10.0 Å². The largest absolute Gasteiger partial charge is 0.481 e. The third-order valence-electron chi connectivity index (χ3n) is 2.90. The van der Waals surface area contributed by atoms with Gasteiger partial charge in [0, 0.05) is 30.4 Å². The number of carboxylic acids is 1. The van der Waals surface area contributed by atoms with Crippen LogP contribution in [0, 0.1) is 17.0 Å². The molecule has 0 saturated heterocycles. The van der Waals surface area contributed by atoms with Crippen molar-refractivity contribution in [1.82, 2.24) is 0 Å². The Morgan fingerprint density at radius 3 is 2.58 bits per heavy atom. The molecule has 19 heavy (non-hydrogen) atoms. The van der Waals surface area contributed by atoms with Crippen LogP contribution in [0.3, 0.4) is 0 Å². The third kappa shape index (κ3) is 3.94. The summed E-state index contributed by atoms with van der Waals surface area (Å²) in [5.74, 6) is -0.881. The smallest absolute Gasteiger partial charge is 0.305 e. The second-order valence-corrected chi connectivity index (χ2v) is 4.66. The van der Waals surface area contributed by atoms with Crippen molar-refractivity contribution in [1.29, 1.82) is 0 Å². The predicted molar refractivity (Wildman–Crippen MR) is 72.6 cm³/mol. The van der Waals surface area contributed by atoms with Gasteiger partial charge in [-0.05, 0) is 26.3 Å². The Hall–Kier alpha value is -2.11. The van der Waals surface area contributed by atoms with Gasteiger partial charge in [-0.2, -0.15) is 0 Å². The van der Waals surface area contributed by atoms with Gasteiger partial charge in [0.2, 0.25) is 0 Å². The first-order valence-electron chi connectivity index (χ1n) is 6.06. The molecule has 1 rings (SSSR count). The monoisotopic (exact) mass is 266 g/mol. The fourth-order valence-corrected chi connectivity index (χ4v) is 1.89. The molecule has 0 unspecified atom stereocenters. The number of benzene rings is 1. The SMILES string of the molecule is Cc1ccc([N+](=O)[O-])cc1N(CCC(=O)O)C(C)C. The summed E-state index contributed by atoms with van der Waals surface area (Å²) >= 11 is 0. The highest BCUT2D eigenvalue weighted by molar-refractivity contribution is 5.68. The van der Waals surface area contributed by atoms with Crippen LogP contribution in [0.25, 0.3) is 0 Å². The molecule has 0 saturated carbocycles. The molecule has 0 heterocycles. The van der Waals surface area contributed by atoms with Crippen LogP contribution < -0.4 is 4.90 Å². The summed E-state index contributed by atoms with van der Waals surface area (Å²) < 4.78 is 0. The Kier molecular flexibility index (Phi) is 4.86. The molecule has 0 atom stereocenters. The number of anilines is 1. The average molecular weight is 266 g/mol. The molecule has 0 bridgehead atoms. The molecule has 0 aliphatic carbocycles. The normalized spacial score (nSPS) is 10.5. The lowest BCUT2D eigenvalue weighted by Gasteiger charge is -2.29. The van der Waals surface area contributed by atoms with Crippen LogP contribution in [0.4, 0.5) is 11.4 Å². The second kappa shape index (κ2) is 6.17. The van der Waals surface area contributed by atoms with Gasteiger partial charge in [-0.25, -0.2) is 0 Å². The Labute approximate surface area is 111 Å². The standard InChI is InChI=1S/C13H18N2O4/c1-9(2)14(7-6-13(16)17)12-8-11(15(18)19)5-4-10(12)3/h4-5,8-9H,6-7H2,1-3H3,(H,16,17). The lowest BCUT2D eigenvalue weighted by Crippen LogP contribution is -2.33. The lowest BCUT2D eigenvalue weighted by atomic mass is 10.1. The van der Waals surface area contributed by atoms with Crippen LogP contribution in [0.15, 0.2) is 18.2 Å². The Bertz CT molecular complexity index is 486. The van der Waals surface area contributed by atoms with Gasteiger partial charge in [0.25, 0.3) is 5.69 Å². The van der Waals surface area contributed by atoms with Crippen molar-refractivity contribution in [2.24, 2.45) is 0 Å².